The lowest BCUT2D eigenvalue weighted by Crippen LogP contribution is -2.18. The Bertz CT molecular complexity index is 615. The summed E-state index contributed by atoms with van der Waals surface area (Å²) in [6.07, 6.45) is 0. The summed E-state index contributed by atoms with van der Waals surface area (Å²) in [5.41, 5.74) is 2.24. The molecular weight excluding hydrogens is 282 g/mol. The van der Waals surface area contributed by atoms with Gasteiger partial charge in [-0.05, 0) is 30.5 Å². The molecule has 0 spiro atoms. The monoisotopic (exact) mass is 303 g/mol. The molecule has 0 aromatic carbocycles. The van der Waals surface area contributed by atoms with Gasteiger partial charge in [0.25, 0.3) is 5.91 Å². The Labute approximate surface area is 129 Å². The van der Waals surface area contributed by atoms with Gasteiger partial charge in [0.1, 0.15) is 5.82 Å². The Kier molecular flexibility index (Phi) is 4.63. The average Bonchev–Trinajstić information content (AvgIpc) is 2.90. The van der Waals surface area contributed by atoms with Crippen molar-refractivity contribution < 1.29 is 4.79 Å². The zero-order chi connectivity index (χ0) is 15.5. The molecule has 0 atom stereocenters. The molecule has 2 aromatic rings. The molecule has 4 nitrogen and oxygen atoms in total. The molecule has 0 fully saturated rings. The number of hydrogen-bond acceptors (Lipinski definition) is 4. The summed E-state index contributed by atoms with van der Waals surface area (Å²) in [5, 5.41) is 9.94. The minimum Gasteiger partial charge on any atom is -0.370 e. The number of amides is 1. The number of nitrogens with one attached hydrogen (secondary N) is 2. The zero-order valence-corrected chi connectivity index (χ0v) is 13.7. The molecule has 2 heterocycles. The Hall–Kier alpha value is -1.88. The highest BCUT2D eigenvalue weighted by Crippen LogP contribution is 2.24. The van der Waals surface area contributed by atoms with Crippen LogP contribution in [0, 0.1) is 0 Å². The number of carbonyl (C=O) groups is 1. The highest BCUT2D eigenvalue weighted by molar-refractivity contribution is 7.08. The van der Waals surface area contributed by atoms with Crippen LogP contribution in [0.3, 0.4) is 0 Å². The van der Waals surface area contributed by atoms with Gasteiger partial charge in [-0.3, -0.25) is 4.79 Å². The molecule has 0 aliphatic carbocycles. The van der Waals surface area contributed by atoms with Crippen LogP contribution in [0.15, 0.2) is 29.0 Å². The normalized spacial score (nSPS) is 11.2. The van der Waals surface area contributed by atoms with Crippen LogP contribution >= 0.6 is 11.3 Å². The molecule has 5 heteroatoms. The van der Waals surface area contributed by atoms with E-state index in [9.17, 15) is 4.79 Å². The van der Waals surface area contributed by atoms with E-state index in [4.69, 9.17) is 0 Å². The maximum absolute atomic E-state index is 12.4. The molecule has 2 aromatic heterocycles. The summed E-state index contributed by atoms with van der Waals surface area (Å²) >= 11 is 1.56. The molecule has 2 N–H and O–H groups in total. The molecule has 2 rings (SSSR count). The lowest BCUT2D eigenvalue weighted by Gasteiger charge is -2.20. The first-order chi connectivity index (χ1) is 9.90. The lowest BCUT2D eigenvalue weighted by atomic mass is 9.90. The first kappa shape index (κ1) is 15.5. The van der Waals surface area contributed by atoms with Gasteiger partial charge >= 0.3 is 0 Å². The SMILES string of the molecule is CCNc1cc(C(=O)Nc2ccsc2)cc(C(C)(C)C)n1. The van der Waals surface area contributed by atoms with Crippen LogP contribution in [0.25, 0.3) is 0 Å². The minimum absolute atomic E-state index is 0.108. The fourth-order valence-electron chi connectivity index (χ4n) is 1.86. The Morgan fingerprint density at radius 2 is 2.10 bits per heavy atom. The van der Waals surface area contributed by atoms with Crippen LogP contribution in [0.5, 0.6) is 0 Å². The second kappa shape index (κ2) is 6.26. The van der Waals surface area contributed by atoms with Crippen LogP contribution in [0.4, 0.5) is 11.5 Å². The van der Waals surface area contributed by atoms with Crippen molar-refractivity contribution in [2.75, 3.05) is 17.2 Å². The Morgan fingerprint density at radius 1 is 1.33 bits per heavy atom. The summed E-state index contributed by atoms with van der Waals surface area (Å²) in [6.45, 7) is 9.05. The van der Waals surface area contributed by atoms with E-state index in [-0.39, 0.29) is 11.3 Å². The van der Waals surface area contributed by atoms with Crippen molar-refractivity contribution in [3.8, 4) is 0 Å². The molecule has 0 aliphatic rings. The third-order valence-electron chi connectivity index (χ3n) is 2.99. The third kappa shape index (κ3) is 4.04. The van der Waals surface area contributed by atoms with Gasteiger partial charge in [-0.2, -0.15) is 11.3 Å². The number of pyridine rings is 1. The van der Waals surface area contributed by atoms with Crippen LogP contribution in [-0.2, 0) is 5.41 Å². The average molecular weight is 303 g/mol. The number of nitrogens with zero attached hydrogens (tertiary/aromatic N) is 1. The summed E-state index contributed by atoms with van der Waals surface area (Å²) in [4.78, 5) is 17.0. The van der Waals surface area contributed by atoms with E-state index < -0.39 is 0 Å². The van der Waals surface area contributed by atoms with Gasteiger partial charge in [0.15, 0.2) is 0 Å². The minimum atomic E-state index is -0.111. The van der Waals surface area contributed by atoms with E-state index in [0.29, 0.717) is 5.56 Å². The van der Waals surface area contributed by atoms with E-state index in [1.165, 1.54) is 0 Å². The fourth-order valence-corrected chi connectivity index (χ4v) is 2.44. The van der Waals surface area contributed by atoms with Crippen molar-refractivity contribution in [2.24, 2.45) is 0 Å². The van der Waals surface area contributed by atoms with Crippen molar-refractivity contribution in [2.45, 2.75) is 33.1 Å². The predicted molar refractivity (Wildman–Crippen MR) is 89.4 cm³/mol. The molecule has 0 saturated heterocycles. The number of aromatic nitrogens is 1. The molecule has 21 heavy (non-hydrogen) atoms. The number of carbonyl (C=O) groups excluding carboxylic acids is 1. The number of hydrogen-bond donors (Lipinski definition) is 2. The van der Waals surface area contributed by atoms with Crippen molar-refractivity contribution in [1.82, 2.24) is 4.98 Å². The second-order valence-electron chi connectivity index (χ2n) is 5.87. The second-order valence-corrected chi connectivity index (χ2v) is 6.65. The molecule has 112 valence electrons. The van der Waals surface area contributed by atoms with E-state index >= 15 is 0 Å². The van der Waals surface area contributed by atoms with Crippen LogP contribution in [-0.4, -0.2) is 17.4 Å². The Balaban J connectivity index is 2.33. The first-order valence-corrected chi connectivity index (χ1v) is 7.94. The first-order valence-electron chi connectivity index (χ1n) is 7.00. The maximum atomic E-state index is 12.4. The van der Waals surface area contributed by atoms with Crippen molar-refractivity contribution in [3.05, 3.63) is 40.2 Å². The van der Waals surface area contributed by atoms with E-state index in [0.717, 1.165) is 23.7 Å². The smallest absolute Gasteiger partial charge is 0.255 e. The molecule has 0 radical (unpaired) electrons. The van der Waals surface area contributed by atoms with E-state index in [1.54, 1.807) is 17.4 Å². The summed E-state index contributed by atoms with van der Waals surface area (Å²) in [6, 6.07) is 5.54. The van der Waals surface area contributed by atoms with Gasteiger partial charge < -0.3 is 10.6 Å². The predicted octanol–water partition coefficient (Wildman–Crippen LogP) is 4.12. The van der Waals surface area contributed by atoms with Gasteiger partial charge in [0.05, 0.1) is 5.69 Å². The number of rotatable bonds is 4. The van der Waals surface area contributed by atoms with Crippen molar-refractivity contribution in [3.63, 3.8) is 0 Å². The summed E-state index contributed by atoms with van der Waals surface area (Å²) in [7, 11) is 0. The lowest BCUT2D eigenvalue weighted by molar-refractivity contribution is 0.102. The van der Waals surface area contributed by atoms with Crippen molar-refractivity contribution in [1.29, 1.82) is 0 Å². The molecular formula is C16H21N3OS. The van der Waals surface area contributed by atoms with Crippen molar-refractivity contribution >= 4 is 28.7 Å². The van der Waals surface area contributed by atoms with E-state index in [2.05, 4.69) is 36.4 Å². The molecule has 1 amide bonds. The topological polar surface area (TPSA) is 54.0 Å². The van der Waals surface area contributed by atoms with Crippen LogP contribution in [0.2, 0.25) is 0 Å². The zero-order valence-electron chi connectivity index (χ0n) is 12.9. The number of anilines is 2. The van der Waals surface area contributed by atoms with Gasteiger partial charge in [-0.15, -0.1) is 0 Å². The summed E-state index contributed by atoms with van der Waals surface area (Å²) in [5.74, 6) is 0.626. The van der Waals surface area contributed by atoms with Gasteiger partial charge in [0.2, 0.25) is 0 Å². The fraction of sp³-hybridized carbons (Fsp3) is 0.375. The Morgan fingerprint density at radius 3 is 2.67 bits per heavy atom. The highest BCUT2D eigenvalue weighted by atomic mass is 32.1. The highest BCUT2D eigenvalue weighted by Gasteiger charge is 2.19. The molecule has 0 unspecified atom stereocenters. The van der Waals surface area contributed by atoms with Gasteiger partial charge in [-0.25, -0.2) is 4.98 Å². The maximum Gasteiger partial charge on any atom is 0.255 e. The molecule has 0 saturated carbocycles. The standard InChI is InChI=1S/C16H21N3OS/c1-5-17-14-9-11(8-13(19-14)16(2,3)4)15(20)18-12-6-7-21-10-12/h6-10H,5H2,1-4H3,(H,17,19)(H,18,20). The van der Waals surface area contributed by atoms with E-state index in [1.807, 2.05) is 29.8 Å². The largest absolute Gasteiger partial charge is 0.370 e. The molecule has 0 aliphatic heterocycles. The third-order valence-corrected chi connectivity index (χ3v) is 3.68. The number of thiophene rings is 1. The van der Waals surface area contributed by atoms with Crippen LogP contribution < -0.4 is 10.6 Å². The van der Waals surface area contributed by atoms with Gasteiger partial charge in [-0.1, -0.05) is 20.8 Å². The van der Waals surface area contributed by atoms with Crippen LogP contribution in [0.1, 0.15) is 43.7 Å². The molecule has 0 bridgehead atoms. The summed E-state index contributed by atoms with van der Waals surface area (Å²) < 4.78 is 0. The quantitative estimate of drug-likeness (QED) is 0.893. The van der Waals surface area contributed by atoms with Gasteiger partial charge in [0, 0.05) is 28.6 Å².